The first-order chi connectivity index (χ1) is 15.0. The van der Waals surface area contributed by atoms with Crippen molar-refractivity contribution in [1.82, 2.24) is 0 Å². The molecule has 0 saturated heterocycles. The van der Waals surface area contributed by atoms with Crippen LogP contribution in [-0.4, -0.2) is 234 Å². The Morgan fingerprint density at radius 1 is 0.364 bits per heavy atom. The summed E-state index contributed by atoms with van der Waals surface area (Å²) in [6, 6.07) is 0. The summed E-state index contributed by atoms with van der Waals surface area (Å²) in [6.45, 7) is 0. The van der Waals surface area contributed by atoms with Crippen molar-refractivity contribution in [2.45, 2.75) is 0 Å². The highest BCUT2D eigenvalue weighted by Gasteiger charge is 2.53. The summed E-state index contributed by atoms with van der Waals surface area (Å²) < 4.78 is 0. The molecule has 0 aromatic rings. The summed E-state index contributed by atoms with van der Waals surface area (Å²) in [4.78, 5) is 0. The van der Waals surface area contributed by atoms with E-state index in [1.165, 1.54) is 0 Å². The molecule has 33 heavy (non-hydrogen) atoms. The van der Waals surface area contributed by atoms with E-state index in [9.17, 15) is 0 Å². The topological polar surface area (TPSA) is 0 Å². The highest BCUT2D eigenvalue weighted by Crippen LogP contribution is 2.15. The maximum absolute atomic E-state index is 6.45. The molecular formula is H6B33-2. The van der Waals surface area contributed by atoms with Crippen LogP contribution in [0.4, 0.5) is 0 Å². The average molecular weight is 363 g/mol. The van der Waals surface area contributed by atoms with Crippen molar-refractivity contribution >= 4 is 234 Å². The lowest BCUT2D eigenvalue weighted by Gasteiger charge is -2.52. The van der Waals surface area contributed by atoms with E-state index >= 15 is 0 Å². The average Bonchev–Trinajstić information content (AvgIpc) is 2.61. The Hall–Kier alpha value is 2.14. The van der Waals surface area contributed by atoms with Crippen LogP contribution in [0.15, 0.2) is 0 Å². The zero-order chi connectivity index (χ0) is 26.4. The Kier molecular flexibility index (Phi) is 17.2. The molecule has 0 saturated carbocycles. The first-order valence-corrected chi connectivity index (χ1v) is 10.0. The number of hydrogen-bond donors (Lipinski definition) is 0. The lowest BCUT2D eigenvalue weighted by Crippen LogP contribution is -2.89. The standard InChI is InChI=1S/B33H6/c1-18-27(19(2)3)31(26(16)17)33(30(24(12)13)25(14)15)32(28(20(4)5)21(6)7)29(22(8)9)23(10)11/h1-2H3/q-2. The predicted molar refractivity (Wildman–Crippen MR) is 198 cm³/mol. The fourth-order valence-electron chi connectivity index (χ4n) is 4.75. The van der Waals surface area contributed by atoms with Crippen molar-refractivity contribution in [3.05, 3.63) is 0 Å². The van der Waals surface area contributed by atoms with E-state index in [0.29, 0.717) is 0 Å². The third-order valence-electron chi connectivity index (χ3n) is 6.00. The van der Waals surface area contributed by atoms with Crippen LogP contribution >= 0.6 is 0 Å². The molecule has 0 rings (SSSR count). The van der Waals surface area contributed by atoms with Crippen LogP contribution in [-0.2, 0) is 0 Å². The van der Waals surface area contributed by atoms with Crippen LogP contribution in [0.25, 0.3) is 0 Å². The second-order valence-corrected chi connectivity index (χ2v) is 8.28. The molecule has 33 heteroatoms. The van der Waals surface area contributed by atoms with Gasteiger partial charge in [-0.15, -0.1) is 6.39 Å². The molecule has 0 heterocycles. The Morgan fingerprint density at radius 3 is 0.727 bits per heavy atom. The molecule has 0 aliphatic carbocycles. The monoisotopic (exact) mass is 369 g/mol. The molecule has 0 bridgehead atoms. The SMILES string of the molecule is [B]B([B])B(B([B])[B])B(B(B([B])[B])B([B])[B])B(B(B([B])[B])B([B])[B])B(B([B])[B])B([B][BH3-])B([B])[BH3-]. The van der Waals surface area contributed by atoms with Gasteiger partial charge in [-0.25, -0.2) is 0 Å². The molecule has 0 N–H and O–H groups in total. The van der Waals surface area contributed by atoms with Crippen molar-refractivity contribution in [3.8, 4) is 0 Å². The molecule has 0 aliphatic heterocycles. The van der Waals surface area contributed by atoms with Crippen LogP contribution in [0.5, 0.6) is 0 Å². The fraction of sp³-hybridized carbons (Fsp3) is 0. The summed E-state index contributed by atoms with van der Waals surface area (Å²) >= 11 is 0. The van der Waals surface area contributed by atoms with Gasteiger partial charge in [0.2, 0.25) is 0 Å². The minimum Gasteiger partial charge on any atom is -0.161 e. The minimum atomic E-state index is -1.00. The van der Waals surface area contributed by atoms with E-state index in [1.807, 2.05) is 0 Å². The molecule has 31 radical (unpaired) electrons. The highest BCUT2D eigenvalue weighted by atomic mass is 13.3. The first-order valence-electron chi connectivity index (χ1n) is 10.0. The molecule has 0 aromatic carbocycles. The summed E-state index contributed by atoms with van der Waals surface area (Å²) in [5.74, 6) is 0. The highest BCUT2D eigenvalue weighted by molar-refractivity contribution is 8.29. The molecule has 0 atom stereocenters. The second kappa shape index (κ2) is 16.2. The van der Waals surface area contributed by atoms with Gasteiger partial charge in [-0.05, 0) is 199 Å². The van der Waals surface area contributed by atoms with Gasteiger partial charge in [0.25, 0.3) is 0 Å². The molecule has 0 nitrogen and oxygen atoms in total. The summed E-state index contributed by atoms with van der Waals surface area (Å²) in [5.41, 5.74) is 0. The maximum Gasteiger partial charge on any atom is -0.000000000000169 e. The van der Waals surface area contributed by atoms with Crippen LogP contribution in [0.2, 0.25) is 0 Å². The summed E-state index contributed by atoms with van der Waals surface area (Å²) in [6.07, 6.45) is -11.1. The van der Waals surface area contributed by atoms with E-state index in [0.717, 1.165) is 0 Å². The Balaban J connectivity index is 7.45. The fourth-order valence-corrected chi connectivity index (χ4v) is 4.75. The molecule has 0 amide bonds. The first kappa shape index (κ1) is 35.1. The summed E-state index contributed by atoms with van der Waals surface area (Å²) in [5, 5.41) is 0. The van der Waals surface area contributed by atoms with Gasteiger partial charge in [-0.3, -0.25) is 0 Å². The predicted octanol–water partition coefficient (Wildman–Crippen LogP) is -14.2. The van der Waals surface area contributed by atoms with E-state index in [1.54, 1.807) is 0 Å². The van der Waals surface area contributed by atoms with Crippen molar-refractivity contribution in [2.75, 3.05) is 0 Å². The molecule has 0 aliphatic rings. The van der Waals surface area contributed by atoms with Crippen molar-refractivity contribution in [3.63, 3.8) is 0 Å². The largest absolute Gasteiger partial charge is 0.161 e. The van der Waals surface area contributed by atoms with E-state index < -0.39 is 83.0 Å². The molecule has 0 fully saturated rings. The van der Waals surface area contributed by atoms with Crippen molar-refractivity contribution < 1.29 is 0 Å². The maximum atomic E-state index is 6.45. The lowest BCUT2D eigenvalue weighted by molar-refractivity contribution is 3.24. The van der Waals surface area contributed by atoms with E-state index in [4.69, 9.17) is 116 Å². The zero-order valence-electron chi connectivity index (χ0n) is 17.9. The van der Waals surface area contributed by atoms with Crippen molar-refractivity contribution in [2.24, 2.45) is 0 Å². The summed E-state index contributed by atoms with van der Waals surface area (Å²) in [7, 11) is 95.1. The van der Waals surface area contributed by atoms with Gasteiger partial charge in [0.05, 0.1) is 0 Å². The third kappa shape index (κ3) is 9.75. The number of rotatable bonds is 15. The quantitative estimate of drug-likeness (QED) is 0.254. The number of hydrogen-bond acceptors (Lipinski definition) is 0. The lowest BCUT2D eigenvalue weighted by atomic mass is 8.30. The van der Waals surface area contributed by atoms with Crippen LogP contribution in [0, 0.1) is 0 Å². The van der Waals surface area contributed by atoms with E-state index in [2.05, 4.69) is 7.06 Å². The smallest absolute Gasteiger partial charge is 0.000000000000169 e. The van der Waals surface area contributed by atoms with Crippen molar-refractivity contribution in [1.29, 1.82) is 0 Å². The molecule has 0 unspecified atom stereocenters. The van der Waals surface area contributed by atoms with Crippen LogP contribution in [0.3, 0.4) is 0 Å². The van der Waals surface area contributed by atoms with Gasteiger partial charge in [0.15, 0.2) is 0 Å². The van der Waals surface area contributed by atoms with Gasteiger partial charge in [-0.2, -0.15) is 7.06 Å². The molecule has 0 aromatic heterocycles. The van der Waals surface area contributed by atoms with E-state index in [-0.39, 0.29) is 28.2 Å². The Morgan fingerprint density at radius 2 is 0.576 bits per heavy atom. The van der Waals surface area contributed by atoms with Gasteiger partial charge in [0.1, 0.15) is 0 Å². The normalized spacial score (nSPS) is 9.52. The molecule has 0 spiro atoms. The van der Waals surface area contributed by atoms with Crippen LogP contribution < -0.4 is 0 Å². The van der Waals surface area contributed by atoms with Crippen LogP contribution in [0.1, 0.15) is 0 Å². The Labute approximate surface area is 233 Å². The van der Waals surface area contributed by atoms with Gasteiger partial charge >= 0.3 is 0 Å². The molecule has 107 valence electrons. The van der Waals surface area contributed by atoms with Gasteiger partial charge in [-0.1, -0.05) is 21.9 Å². The molecular weight excluding hydrogens is 357 g/mol. The zero-order valence-corrected chi connectivity index (χ0v) is 17.9. The van der Waals surface area contributed by atoms with Gasteiger partial charge in [0, 0.05) is 0 Å². The Bertz CT molecular complexity index is 448. The minimum absolute atomic E-state index is 0.0676. The van der Waals surface area contributed by atoms with Gasteiger partial charge < -0.3 is 0 Å². The second-order valence-electron chi connectivity index (χ2n) is 8.28. The third-order valence-corrected chi connectivity index (χ3v) is 6.00.